The number of hydrogen-bond donors (Lipinski definition) is 0. The normalized spacial score (nSPS) is 19.8. The molecule has 2 fully saturated rings. The zero-order valence-corrected chi connectivity index (χ0v) is 21.5. The highest BCUT2D eigenvalue weighted by atomic mass is 32.2. The molecule has 2 aliphatic rings. The first-order chi connectivity index (χ1) is 15.9. The van der Waals surface area contributed by atoms with Crippen LogP contribution in [0.15, 0.2) is 34.0 Å². The van der Waals surface area contributed by atoms with Gasteiger partial charge in [-0.2, -0.15) is 0 Å². The Kier molecular flexibility index (Phi) is 7.26. The molecule has 2 aromatic rings. The van der Waals surface area contributed by atoms with Crippen LogP contribution in [0.1, 0.15) is 39.7 Å². The number of piperazine rings is 1. The molecule has 0 aliphatic carbocycles. The zero-order chi connectivity index (χ0) is 23.7. The maximum Gasteiger partial charge on any atom is 0.266 e. The predicted octanol–water partition coefficient (Wildman–Crippen LogP) is 4.16. The molecule has 0 saturated carbocycles. The molecule has 176 valence electrons. The molecule has 0 bridgehead atoms. The van der Waals surface area contributed by atoms with Gasteiger partial charge in [0.05, 0.1) is 21.7 Å². The average molecular weight is 485 g/mol. The minimum absolute atomic E-state index is 0.0360. The third-order valence-electron chi connectivity index (χ3n) is 6.76. The van der Waals surface area contributed by atoms with Crippen LogP contribution in [-0.4, -0.2) is 63.4 Å². The number of thiocarbonyl (C=S) groups is 1. The summed E-state index contributed by atoms with van der Waals surface area (Å²) in [6.45, 7) is 13.4. The van der Waals surface area contributed by atoms with E-state index in [4.69, 9.17) is 12.2 Å². The number of likely N-dealkylation sites (N-methyl/N-ethyl adjacent to an activating group) is 1. The number of aromatic nitrogens is 1. The van der Waals surface area contributed by atoms with E-state index in [1.165, 1.54) is 11.8 Å². The van der Waals surface area contributed by atoms with Gasteiger partial charge >= 0.3 is 0 Å². The fraction of sp³-hybridized carbons (Fsp3) is 0.480. The molecule has 1 atom stereocenters. The number of fused-ring (bicyclic) bond motifs is 1. The van der Waals surface area contributed by atoms with Crippen LogP contribution in [0, 0.1) is 0 Å². The topological polar surface area (TPSA) is 48.8 Å². The van der Waals surface area contributed by atoms with E-state index in [0.717, 1.165) is 55.7 Å². The molecule has 4 rings (SSSR count). The van der Waals surface area contributed by atoms with E-state index in [9.17, 15) is 9.59 Å². The number of carbonyl (C=O) groups is 1. The van der Waals surface area contributed by atoms with Crippen molar-refractivity contribution in [3.05, 3.63) is 45.1 Å². The largest absolute Gasteiger partial charge is 0.368 e. The SMILES string of the molecule is CCC(C)N1C(=O)C(=Cc2c(N3CCN(CC)CC3)c3ccccc3n(CC)c2=O)SC1=S. The van der Waals surface area contributed by atoms with Crippen LogP contribution in [0.4, 0.5) is 5.69 Å². The first-order valence-electron chi connectivity index (χ1n) is 11.8. The van der Waals surface area contributed by atoms with E-state index in [2.05, 4.69) is 22.8 Å². The Hall–Kier alpha value is -2.16. The molecule has 0 radical (unpaired) electrons. The highest BCUT2D eigenvalue weighted by Crippen LogP contribution is 2.37. The van der Waals surface area contributed by atoms with Gasteiger partial charge in [0, 0.05) is 44.2 Å². The Morgan fingerprint density at radius 2 is 1.76 bits per heavy atom. The molecule has 2 aliphatic heterocycles. The number of nitrogens with zero attached hydrogens (tertiary/aromatic N) is 4. The summed E-state index contributed by atoms with van der Waals surface area (Å²) in [4.78, 5) is 34.0. The van der Waals surface area contributed by atoms with Crippen molar-refractivity contribution >= 4 is 56.9 Å². The molecule has 3 heterocycles. The maximum absolute atomic E-state index is 13.8. The number of para-hydroxylation sites is 1. The number of amides is 1. The van der Waals surface area contributed by atoms with E-state index in [1.807, 2.05) is 43.5 Å². The number of anilines is 1. The van der Waals surface area contributed by atoms with Gasteiger partial charge in [-0.3, -0.25) is 14.5 Å². The summed E-state index contributed by atoms with van der Waals surface area (Å²) in [7, 11) is 0. The average Bonchev–Trinajstić information content (AvgIpc) is 3.12. The van der Waals surface area contributed by atoms with E-state index < -0.39 is 0 Å². The smallest absolute Gasteiger partial charge is 0.266 e. The predicted molar refractivity (Wildman–Crippen MR) is 143 cm³/mol. The summed E-state index contributed by atoms with van der Waals surface area (Å²) in [6.07, 6.45) is 2.62. The lowest BCUT2D eigenvalue weighted by atomic mass is 10.0. The van der Waals surface area contributed by atoms with Crippen LogP contribution in [-0.2, 0) is 11.3 Å². The van der Waals surface area contributed by atoms with Crippen molar-refractivity contribution in [2.24, 2.45) is 0 Å². The fourth-order valence-electron chi connectivity index (χ4n) is 4.66. The molecule has 2 saturated heterocycles. The number of thioether (sulfide) groups is 1. The van der Waals surface area contributed by atoms with Crippen LogP contribution in [0.3, 0.4) is 0 Å². The number of aryl methyl sites for hydroxylation is 1. The van der Waals surface area contributed by atoms with Gasteiger partial charge in [0.15, 0.2) is 0 Å². The van der Waals surface area contributed by atoms with Gasteiger partial charge in [-0.15, -0.1) is 0 Å². The molecule has 1 unspecified atom stereocenters. The van der Waals surface area contributed by atoms with Gasteiger partial charge in [0.1, 0.15) is 4.32 Å². The lowest BCUT2D eigenvalue weighted by Crippen LogP contribution is -2.47. The third-order valence-corrected chi connectivity index (χ3v) is 8.09. The Bertz CT molecular complexity index is 1160. The molecule has 1 amide bonds. The highest BCUT2D eigenvalue weighted by molar-refractivity contribution is 8.26. The van der Waals surface area contributed by atoms with Crippen molar-refractivity contribution < 1.29 is 4.79 Å². The van der Waals surface area contributed by atoms with Crippen LogP contribution < -0.4 is 10.5 Å². The van der Waals surface area contributed by atoms with Crippen LogP contribution in [0.25, 0.3) is 17.0 Å². The summed E-state index contributed by atoms with van der Waals surface area (Å²) in [6, 6.07) is 8.13. The number of pyridine rings is 1. The van der Waals surface area contributed by atoms with Crippen molar-refractivity contribution in [2.75, 3.05) is 37.6 Å². The Morgan fingerprint density at radius 3 is 2.39 bits per heavy atom. The summed E-state index contributed by atoms with van der Waals surface area (Å²) in [5.41, 5.74) is 2.40. The van der Waals surface area contributed by atoms with Crippen molar-refractivity contribution in [1.29, 1.82) is 0 Å². The molecule has 33 heavy (non-hydrogen) atoms. The number of benzene rings is 1. The second kappa shape index (κ2) is 9.99. The minimum Gasteiger partial charge on any atom is -0.368 e. The van der Waals surface area contributed by atoms with E-state index >= 15 is 0 Å². The second-order valence-electron chi connectivity index (χ2n) is 8.56. The van der Waals surface area contributed by atoms with Gasteiger partial charge in [0.25, 0.3) is 11.5 Å². The van der Waals surface area contributed by atoms with Gasteiger partial charge in [-0.1, -0.05) is 56.0 Å². The fourth-order valence-corrected chi connectivity index (χ4v) is 6.10. The van der Waals surface area contributed by atoms with E-state index in [0.29, 0.717) is 21.3 Å². The zero-order valence-electron chi connectivity index (χ0n) is 19.8. The first kappa shape index (κ1) is 24.0. The van der Waals surface area contributed by atoms with E-state index in [1.54, 1.807) is 11.0 Å². The molecule has 6 nitrogen and oxygen atoms in total. The first-order valence-corrected chi connectivity index (χ1v) is 13.0. The standard InChI is InChI=1S/C25H32N4O2S2/c1-5-17(4)29-24(31)21(33-25(29)32)16-19-22(27-14-12-26(6-2)13-15-27)18-10-8-9-11-20(18)28(7-3)23(19)30/h8-11,16-17H,5-7,12-15H2,1-4H3. The molecular formula is C25H32N4O2S2. The molecular weight excluding hydrogens is 452 g/mol. The van der Waals surface area contributed by atoms with Crippen molar-refractivity contribution in [3.63, 3.8) is 0 Å². The van der Waals surface area contributed by atoms with Gasteiger partial charge < -0.3 is 14.4 Å². The Morgan fingerprint density at radius 1 is 1.06 bits per heavy atom. The van der Waals surface area contributed by atoms with Crippen molar-refractivity contribution in [3.8, 4) is 0 Å². The van der Waals surface area contributed by atoms with Gasteiger partial charge in [-0.05, 0) is 39.0 Å². The Labute approximate surface area is 205 Å². The number of carbonyl (C=O) groups excluding carboxylic acids is 1. The van der Waals surface area contributed by atoms with Crippen LogP contribution in [0.5, 0.6) is 0 Å². The van der Waals surface area contributed by atoms with Crippen LogP contribution >= 0.6 is 24.0 Å². The molecule has 0 N–H and O–H groups in total. The van der Waals surface area contributed by atoms with Crippen molar-refractivity contribution in [1.82, 2.24) is 14.4 Å². The van der Waals surface area contributed by atoms with Gasteiger partial charge in [0.2, 0.25) is 0 Å². The number of hydrogen-bond acceptors (Lipinski definition) is 6. The Balaban J connectivity index is 1.90. The van der Waals surface area contributed by atoms with Gasteiger partial charge in [-0.25, -0.2) is 0 Å². The second-order valence-corrected chi connectivity index (χ2v) is 10.2. The van der Waals surface area contributed by atoms with Crippen LogP contribution in [0.2, 0.25) is 0 Å². The molecule has 1 aromatic heterocycles. The highest BCUT2D eigenvalue weighted by Gasteiger charge is 2.35. The van der Waals surface area contributed by atoms with Crippen molar-refractivity contribution in [2.45, 2.75) is 46.7 Å². The summed E-state index contributed by atoms with van der Waals surface area (Å²) in [5, 5.41) is 1.05. The summed E-state index contributed by atoms with van der Waals surface area (Å²) >= 11 is 6.83. The van der Waals surface area contributed by atoms with E-state index in [-0.39, 0.29) is 17.5 Å². The number of rotatable bonds is 6. The summed E-state index contributed by atoms with van der Waals surface area (Å²) in [5.74, 6) is -0.100. The summed E-state index contributed by atoms with van der Waals surface area (Å²) < 4.78 is 2.37. The molecule has 0 spiro atoms. The quantitative estimate of drug-likeness (QED) is 0.453. The maximum atomic E-state index is 13.8. The monoisotopic (exact) mass is 484 g/mol. The minimum atomic E-state index is -0.100. The lowest BCUT2D eigenvalue weighted by molar-refractivity contribution is -0.123. The lowest BCUT2D eigenvalue weighted by Gasteiger charge is -2.37. The molecule has 8 heteroatoms. The third kappa shape index (κ3) is 4.36. The molecule has 1 aromatic carbocycles.